The van der Waals surface area contributed by atoms with Gasteiger partial charge in [-0.05, 0) is 25.7 Å². The van der Waals surface area contributed by atoms with Gasteiger partial charge in [-0.1, -0.05) is 32.1 Å². The molecule has 2 fully saturated rings. The average molecular weight is 235 g/mol. The molecule has 0 radical (unpaired) electrons. The van der Waals surface area contributed by atoms with Gasteiger partial charge in [-0.3, -0.25) is 0 Å². The van der Waals surface area contributed by atoms with Gasteiger partial charge < -0.3 is 0 Å². The van der Waals surface area contributed by atoms with Crippen LogP contribution in [0.15, 0.2) is 5.38 Å². The monoisotopic (exact) mass is 235 g/mol. The van der Waals surface area contributed by atoms with Crippen LogP contribution in [0.3, 0.4) is 0 Å². The van der Waals surface area contributed by atoms with Gasteiger partial charge in [0.15, 0.2) is 0 Å². The van der Waals surface area contributed by atoms with Crippen LogP contribution in [0, 0.1) is 0 Å². The van der Waals surface area contributed by atoms with Gasteiger partial charge in [0.05, 0.1) is 10.7 Å². The smallest absolute Gasteiger partial charge is 0.0959 e. The highest BCUT2D eigenvalue weighted by atomic mass is 32.1. The van der Waals surface area contributed by atoms with E-state index in [4.69, 9.17) is 4.98 Å². The zero-order valence-electron chi connectivity index (χ0n) is 9.95. The minimum atomic E-state index is 0.790. The molecule has 1 heterocycles. The molecule has 0 bridgehead atoms. The summed E-state index contributed by atoms with van der Waals surface area (Å²) in [6.45, 7) is 0. The van der Waals surface area contributed by atoms with Crippen molar-refractivity contribution in [2.45, 2.75) is 69.6 Å². The maximum atomic E-state index is 4.89. The number of aromatic nitrogens is 1. The van der Waals surface area contributed by atoms with Gasteiger partial charge in [-0.15, -0.1) is 11.3 Å². The van der Waals surface area contributed by atoms with Crippen LogP contribution in [0.5, 0.6) is 0 Å². The SMILES string of the molecule is c1sc(C2CCCCCCC2)nc1C1CC1. The molecule has 2 aliphatic carbocycles. The van der Waals surface area contributed by atoms with Crippen molar-refractivity contribution < 1.29 is 0 Å². The van der Waals surface area contributed by atoms with E-state index in [0.717, 1.165) is 11.8 Å². The fourth-order valence-electron chi connectivity index (χ4n) is 2.76. The lowest BCUT2D eigenvalue weighted by Crippen LogP contribution is -2.02. The van der Waals surface area contributed by atoms with Crippen LogP contribution >= 0.6 is 11.3 Å². The van der Waals surface area contributed by atoms with E-state index < -0.39 is 0 Å². The molecule has 88 valence electrons. The van der Waals surface area contributed by atoms with Crippen molar-refractivity contribution in [2.75, 3.05) is 0 Å². The molecule has 1 aromatic rings. The molecule has 0 spiro atoms. The molecule has 0 N–H and O–H groups in total. The lowest BCUT2D eigenvalue weighted by Gasteiger charge is -2.17. The quantitative estimate of drug-likeness (QED) is 0.714. The molecule has 0 amide bonds. The molecule has 0 aromatic carbocycles. The Hall–Kier alpha value is -0.370. The fraction of sp³-hybridized carbons (Fsp3) is 0.786. The van der Waals surface area contributed by atoms with Crippen LogP contribution in [0.4, 0.5) is 0 Å². The van der Waals surface area contributed by atoms with E-state index in [1.807, 2.05) is 11.3 Å². The molecule has 0 saturated heterocycles. The van der Waals surface area contributed by atoms with E-state index in [1.54, 1.807) is 0 Å². The van der Waals surface area contributed by atoms with Crippen molar-refractivity contribution in [1.82, 2.24) is 4.98 Å². The number of thiazole rings is 1. The second kappa shape index (κ2) is 4.87. The molecule has 3 rings (SSSR count). The van der Waals surface area contributed by atoms with Crippen molar-refractivity contribution in [3.05, 3.63) is 16.1 Å². The highest BCUT2D eigenvalue weighted by Gasteiger charge is 2.27. The summed E-state index contributed by atoms with van der Waals surface area (Å²) in [6.07, 6.45) is 12.7. The number of hydrogen-bond donors (Lipinski definition) is 0. The van der Waals surface area contributed by atoms with Gasteiger partial charge in [-0.2, -0.15) is 0 Å². The van der Waals surface area contributed by atoms with Crippen molar-refractivity contribution >= 4 is 11.3 Å². The third-order valence-corrected chi connectivity index (χ3v) is 5.02. The highest BCUT2D eigenvalue weighted by Crippen LogP contribution is 2.42. The van der Waals surface area contributed by atoms with E-state index in [1.165, 1.54) is 68.5 Å². The van der Waals surface area contributed by atoms with E-state index in [-0.39, 0.29) is 0 Å². The topological polar surface area (TPSA) is 12.9 Å². The van der Waals surface area contributed by atoms with Crippen LogP contribution < -0.4 is 0 Å². The molecule has 1 nitrogen and oxygen atoms in total. The Balaban J connectivity index is 1.67. The maximum absolute atomic E-state index is 4.89. The molecular formula is C14H21NS. The van der Waals surface area contributed by atoms with Crippen LogP contribution in [0.25, 0.3) is 0 Å². The van der Waals surface area contributed by atoms with Crippen LogP contribution in [-0.2, 0) is 0 Å². The predicted molar refractivity (Wildman–Crippen MR) is 69.1 cm³/mol. The van der Waals surface area contributed by atoms with E-state index in [2.05, 4.69) is 5.38 Å². The summed E-state index contributed by atoms with van der Waals surface area (Å²) >= 11 is 1.93. The number of hydrogen-bond acceptors (Lipinski definition) is 2. The highest BCUT2D eigenvalue weighted by molar-refractivity contribution is 7.09. The first-order chi connectivity index (χ1) is 7.93. The van der Waals surface area contributed by atoms with Gasteiger partial charge in [0.1, 0.15) is 0 Å². The van der Waals surface area contributed by atoms with Crippen molar-refractivity contribution in [2.24, 2.45) is 0 Å². The molecule has 2 saturated carbocycles. The Morgan fingerprint density at radius 2 is 1.56 bits per heavy atom. The third kappa shape index (κ3) is 2.48. The summed E-state index contributed by atoms with van der Waals surface area (Å²) < 4.78 is 0. The molecule has 2 aliphatic rings. The van der Waals surface area contributed by atoms with Gasteiger partial charge in [0.25, 0.3) is 0 Å². The first-order valence-corrected chi connectivity index (χ1v) is 7.77. The van der Waals surface area contributed by atoms with E-state index in [0.29, 0.717) is 0 Å². The minimum Gasteiger partial charge on any atom is -0.246 e. The van der Waals surface area contributed by atoms with E-state index in [9.17, 15) is 0 Å². The second-order valence-electron chi connectivity index (χ2n) is 5.43. The molecule has 1 aromatic heterocycles. The lowest BCUT2D eigenvalue weighted by molar-refractivity contribution is 0.454. The zero-order valence-corrected chi connectivity index (χ0v) is 10.8. The summed E-state index contributed by atoms with van der Waals surface area (Å²) in [5.74, 6) is 1.62. The Morgan fingerprint density at radius 3 is 2.25 bits per heavy atom. The normalized spacial score (nSPS) is 24.0. The third-order valence-electron chi connectivity index (χ3n) is 3.99. The molecule has 2 heteroatoms. The van der Waals surface area contributed by atoms with Crippen molar-refractivity contribution in [1.29, 1.82) is 0 Å². The maximum Gasteiger partial charge on any atom is 0.0959 e. The van der Waals surface area contributed by atoms with Gasteiger partial charge >= 0.3 is 0 Å². The molecule has 16 heavy (non-hydrogen) atoms. The Bertz CT molecular complexity index is 332. The summed E-state index contributed by atoms with van der Waals surface area (Å²) in [7, 11) is 0. The minimum absolute atomic E-state index is 0.790. The van der Waals surface area contributed by atoms with E-state index >= 15 is 0 Å². The summed E-state index contributed by atoms with van der Waals surface area (Å²) in [5, 5.41) is 3.77. The second-order valence-corrected chi connectivity index (χ2v) is 6.32. The Morgan fingerprint density at radius 1 is 0.875 bits per heavy atom. The first-order valence-electron chi connectivity index (χ1n) is 6.89. The van der Waals surface area contributed by atoms with Gasteiger partial charge in [-0.25, -0.2) is 4.98 Å². The molecule has 0 atom stereocenters. The summed E-state index contributed by atoms with van der Waals surface area (Å²) in [5.41, 5.74) is 1.40. The Labute approximate surface area is 102 Å². The van der Waals surface area contributed by atoms with Crippen LogP contribution in [-0.4, -0.2) is 4.98 Å². The van der Waals surface area contributed by atoms with Crippen LogP contribution in [0.2, 0.25) is 0 Å². The number of nitrogens with zero attached hydrogens (tertiary/aromatic N) is 1. The lowest BCUT2D eigenvalue weighted by atomic mass is 9.92. The van der Waals surface area contributed by atoms with Gasteiger partial charge in [0, 0.05) is 17.2 Å². The summed E-state index contributed by atoms with van der Waals surface area (Å²) in [6, 6.07) is 0. The largest absolute Gasteiger partial charge is 0.246 e. The first kappa shape index (κ1) is 10.8. The standard InChI is InChI=1S/C14H21NS/c1-2-4-6-12(7-5-3-1)14-15-13(10-16-14)11-8-9-11/h10-12H,1-9H2. The van der Waals surface area contributed by atoms with Crippen LogP contribution in [0.1, 0.15) is 80.3 Å². The zero-order chi connectivity index (χ0) is 10.8. The predicted octanol–water partition coefficient (Wildman–Crippen LogP) is 4.85. The summed E-state index contributed by atoms with van der Waals surface area (Å²) in [4.78, 5) is 4.89. The van der Waals surface area contributed by atoms with Crippen molar-refractivity contribution in [3.8, 4) is 0 Å². The number of rotatable bonds is 2. The molecule has 0 aliphatic heterocycles. The Kier molecular flexibility index (Phi) is 3.27. The fourth-order valence-corrected chi connectivity index (χ4v) is 3.83. The van der Waals surface area contributed by atoms with Crippen molar-refractivity contribution in [3.63, 3.8) is 0 Å². The average Bonchev–Trinajstić information content (AvgIpc) is 2.98. The van der Waals surface area contributed by atoms with Gasteiger partial charge in [0.2, 0.25) is 0 Å². The molecule has 0 unspecified atom stereocenters. The molecular weight excluding hydrogens is 214 g/mol.